The fourth-order valence-corrected chi connectivity index (χ4v) is 2.61. The van der Waals surface area contributed by atoms with Gasteiger partial charge in [0.15, 0.2) is 5.78 Å². The van der Waals surface area contributed by atoms with Gasteiger partial charge in [0.1, 0.15) is 5.92 Å². The molecule has 1 aliphatic heterocycles. The minimum Gasteiger partial charge on any atom is -0.468 e. The fourth-order valence-electron chi connectivity index (χ4n) is 2.61. The van der Waals surface area contributed by atoms with Crippen LogP contribution in [-0.2, 0) is 19.1 Å². The summed E-state index contributed by atoms with van der Waals surface area (Å²) in [5, 5.41) is 0. The molecule has 0 spiro atoms. The predicted molar refractivity (Wildman–Crippen MR) is 74.0 cm³/mol. The Balaban J connectivity index is 2.25. The number of Topliss-reactive ketones (excluding diaryl/α,β-unsaturated/α-hetero) is 1. The van der Waals surface area contributed by atoms with Crippen molar-refractivity contribution < 1.29 is 19.1 Å². The number of benzene rings is 1. The van der Waals surface area contributed by atoms with Crippen molar-refractivity contribution in [1.29, 1.82) is 0 Å². The molecule has 0 saturated carbocycles. The Morgan fingerprint density at radius 3 is 2.50 bits per heavy atom. The van der Waals surface area contributed by atoms with Crippen molar-refractivity contribution in [3.63, 3.8) is 0 Å². The summed E-state index contributed by atoms with van der Waals surface area (Å²) in [7, 11) is 1.30. The first-order chi connectivity index (χ1) is 9.54. The van der Waals surface area contributed by atoms with Gasteiger partial charge < -0.3 is 9.47 Å². The highest BCUT2D eigenvalue weighted by molar-refractivity contribution is 6.00. The first-order valence-electron chi connectivity index (χ1n) is 6.85. The third-order valence-corrected chi connectivity index (χ3v) is 3.67. The number of ketones is 1. The highest BCUT2D eigenvalue weighted by Gasteiger charge is 2.44. The van der Waals surface area contributed by atoms with E-state index in [1.165, 1.54) is 7.11 Å². The van der Waals surface area contributed by atoms with Gasteiger partial charge in [0.25, 0.3) is 0 Å². The molecule has 0 radical (unpaired) electrons. The molecular formula is C16H20O4. The van der Waals surface area contributed by atoms with Crippen molar-refractivity contribution in [3.8, 4) is 0 Å². The molecule has 20 heavy (non-hydrogen) atoms. The van der Waals surface area contributed by atoms with Gasteiger partial charge in [-0.15, -0.1) is 0 Å². The number of carbonyl (C=O) groups excluding carboxylic acids is 2. The lowest BCUT2D eigenvalue weighted by Crippen LogP contribution is -2.46. The zero-order chi connectivity index (χ0) is 14.7. The average molecular weight is 276 g/mol. The van der Waals surface area contributed by atoms with E-state index in [-0.39, 0.29) is 24.2 Å². The normalized spacial score (nSPS) is 26.6. The minimum atomic E-state index is -0.806. The quantitative estimate of drug-likeness (QED) is 0.629. The van der Waals surface area contributed by atoms with Crippen LogP contribution in [0.4, 0.5) is 0 Å². The first kappa shape index (κ1) is 14.7. The number of carbonyl (C=O) groups is 2. The van der Waals surface area contributed by atoms with Crippen molar-refractivity contribution in [3.05, 3.63) is 35.9 Å². The molecule has 0 unspecified atom stereocenters. The largest absolute Gasteiger partial charge is 0.468 e. The van der Waals surface area contributed by atoms with Crippen molar-refractivity contribution >= 4 is 11.8 Å². The zero-order valence-corrected chi connectivity index (χ0v) is 12.0. The number of hydrogen-bond acceptors (Lipinski definition) is 4. The van der Waals surface area contributed by atoms with Crippen LogP contribution in [0.5, 0.6) is 0 Å². The fraction of sp³-hybridized carbons (Fsp3) is 0.500. The molecule has 1 aromatic carbocycles. The molecule has 1 aromatic rings. The van der Waals surface area contributed by atoms with E-state index < -0.39 is 18.0 Å². The van der Waals surface area contributed by atoms with E-state index in [4.69, 9.17) is 9.47 Å². The van der Waals surface area contributed by atoms with Crippen LogP contribution in [-0.4, -0.2) is 25.0 Å². The molecule has 0 bridgehead atoms. The third kappa shape index (κ3) is 2.90. The van der Waals surface area contributed by atoms with Gasteiger partial charge in [0.05, 0.1) is 19.3 Å². The Kier molecular flexibility index (Phi) is 4.55. The monoisotopic (exact) mass is 276 g/mol. The van der Waals surface area contributed by atoms with Crippen molar-refractivity contribution in [2.45, 2.75) is 32.5 Å². The summed E-state index contributed by atoms with van der Waals surface area (Å²) in [5.74, 6) is -1.34. The average Bonchev–Trinajstić information content (AvgIpc) is 2.46. The Hall–Kier alpha value is -1.68. The number of rotatable bonds is 3. The number of methoxy groups -OCH3 is 1. The van der Waals surface area contributed by atoms with Crippen molar-refractivity contribution in [2.75, 3.05) is 7.11 Å². The zero-order valence-electron chi connectivity index (χ0n) is 12.0. The smallest absolute Gasteiger partial charge is 0.318 e. The number of esters is 1. The lowest BCUT2D eigenvalue weighted by molar-refractivity contribution is -0.171. The maximum absolute atomic E-state index is 12.3. The molecule has 0 N–H and O–H groups in total. The van der Waals surface area contributed by atoms with Gasteiger partial charge in [-0.05, 0) is 11.5 Å². The van der Waals surface area contributed by atoms with Gasteiger partial charge >= 0.3 is 5.97 Å². The van der Waals surface area contributed by atoms with Crippen molar-refractivity contribution in [1.82, 2.24) is 0 Å². The van der Waals surface area contributed by atoms with E-state index in [0.717, 1.165) is 5.56 Å². The molecule has 0 aromatic heterocycles. The van der Waals surface area contributed by atoms with Gasteiger partial charge in [0, 0.05) is 6.42 Å². The maximum atomic E-state index is 12.3. The second kappa shape index (κ2) is 6.18. The second-order valence-electron chi connectivity index (χ2n) is 5.42. The summed E-state index contributed by atoms with van der Waals surface area (Å²) < 4.78 is 10.8. The summed E-state index contributed by atoms with van der Waals surface area (Å²) in [6.45, 7) is 3.89. The molecule has 108 valence electrons. The molecule has 2 rings (SSSR count). The van der Waals surface area contributed by atoms with E-state index >= 15 is 0 Å². The Bertz CT molecular complexity index is 481. The van der Waals surface area contributed by atoms with Gasteiger partial charge in [-0.1, -0.05) is 44.2 Å². The first-order valence-corrected chi connectivity index (χ1v) is 6.85. The molecule has 0 amide bonds. The van der Waals surface area contributed by atoms with Crippen LogP contribution in [0.1, 0.15) is 31.9 Å². The molecule has 1 fully saturated rings. The van der Waals surface area contributed by atoms with E-state index in [1.54, 1.807) is 0 Å². The Morgan fingerprint density at radius 1 is 1.30 bits per heavy atom. The standard InChI is InChI=1S/C16H20O4/c1-10(2)15-14(16(18)19-3)12(17)9-13(20-15)11-7-5-4-6-8-11/h4-8,10,13-15H,9H2,1-3H3/t13-,14+,15-/m1/s1. The summed E-state index contributed by atoms with van der Waals surface area (Å²) >= 11 is 0. The van der Waals surface area contributed by atoms with E-state index in [0.29, 0.717) is 0 Å². The summed E-state index contributed by atoms with van der Waals surface area (Å²) in [5.41, 5.74) is 0.967. The van der Waals surface area contributed by atoms with Crippen LogP contribution in [0.15, 0.2) is 30.3 Å². The van der Waals surface area contributed by atoms with E-state index in [1.807, 2.05) is 44.2 Å². The van der Waals surface area contributed by atoms with Crippen LogP contribution < -0.4 is 0 Å². The number of ether oxygens (including phenoxy) is 2. The third-order valence-electron chi connectivity index (χ3n) is 3.67. The van der Waals surface area contributed by atoms with Crippen LogP contribution in [0.2, 0.25) is 0 Å². The lowest BCUT2D eigenvalue weighted by Gasteiger charge is -2.36. The van der Waals surface area contributed by atoms with Crippen LogP contribution >= 0.6 is 0 Å². The molecular weight excluding hydrogens is 256 g/mol. The van der Waals surface area contributed by atoms with Gasteiger partial charge in [-0.25, -0.2) is 0 Å². The lowest BCUT2D eigenvalue weighted by atomic mass is 9.83. The van der Waals surface area contributed by atoms with Gasteiger partial charge in [0.2, 0.25) is 0 Å². The van der Waals surface area contributed by atoms with Crippen LogP contribution in [0.25, 0.3) is 0 Å². The molecule has 1 heterocycles. The molecule has 3 atom stereocenters. The van der Waals surface area contributed by atoms with Crippen molar-refractivity contribution in [2.24, 2.45) is 11.8 Å². The van der Waals surface area contributed by atoms with Crippen LogP contribution in [0, 0.1) is 11.8 Å². The van der Waals surface area contributed by atoms with E-state index in [2.05, 4.69) is 0 Å². The predicted octanol–water partition coefficient (Wildman–Crippen LogP) is 2.53. The summed E-state index contributed by atoms with van der Waals surface area (Å²) in [6, 6.07) is 9.63. The Labute approximate surface area is 119 Å². The number of hydrogen-bond donors (Lipinski definition) is 0. The highest BCUT2D eigenvalue weighted by Crippen LogP contribution is 2.35. The van der Waals surface area contributed by atoms with Gasteiger partial charge in [-0.3, -0.25) is 9.59 Å². The van der Waals surface area contributed by atoms with Gasteiger partial charge in [-0.2, -0.15) is 0 Å². The highest BCUT2D eigenvalue weighted by atomic mass is 16.5. The van der Waals surface area contributed by atoms with Crippen LogP contribution in [0.3, 0.4) is 0 Å². The topological polar surface area (TPSA) is 52.6 Å². The Morgan fingerprint density at radius 2 is 1.95 bits per heavy atom. The SMILES string of the molecule is COC(=O)[C@H]1C(=O)C[C@H](c2ccccc2)O[C@@H]1C(C)C. The van der Waals surface area contributed by atoms with E-state index in [9.17, 15) is 9.59 Å². The molecule has 0 aliphatic carbocycles. The molecule has 4 nitrogen and oxygen atoms in total. The summed E-state index contributed by atoms with van der Waals surface area (Å²) in [6.07, 6.45) is -0.501. The molecule has 1 saturated heterocycles. The molecule has 1 aliphatic rings. The molecule has 4 heteroatoms. The minimum absolute atomic E-state index is 0.0644. The summed E-state index contributed by atoms with van der Waals surface area (Å²) in [4.78, 5) is 24.1. The second-order valence-corrected chi connectivity index (χ2v) is 5.42. The maximum Gasteiger partial charge on any atom is 0.318 e.